The number of nitrogens with zero attached hydrogens (tertiary/aromatic N) is 3. The molecule has 2 heterocycles. The first-order chi connectivity index (χ1) is 15.1. The second kappa shape index (κ2) is 10.2. The van der Waals surface area contributed by atoms with Gasteiger partial charge in [0.25, 0.3) is 11.5 Å². The lowest BCUT2D eigenvalue weighted by molar-refractivity contribution is -0.117. The molecular weight excluding hydrogens is 396 g/mol. The summed E-state index contributed by atoms with van der Waals surface area (Å²) < 4.78 is 12.1. The first-order valence-electron chi connectivity index (χ1n) is 9.74. The number of hydrogen-bond acceptors (Lipinski definition) is 6. The zero-order chi connectivity index (χ0) is 22.2. The van der Waals surface area contributed by atoms with Crippen LogP contribution < -0.4 is 15.6 Å². The number of carbonyl (C=O) groups is 1. The lowest BCUT2D eigenvalue weighted by atomic mass is 10.1. The number of benzene rings is 1. The zero-order valence-corrected chi connectivity index (χ0v) is 17.3. The Morgan fingerprint density at radius 1 is 1.26 bits per heavy atom. The van der Waals surface area contributed by atoms with Gasteiger partial charge in [-0.15, -0.1) is 0 Å². The fraction of sp³-hybridized carbons (Fsp3) is 0.217. The number of nitrogens with one attached hydrogen (secondary N) is 1. The Kier molecular flexibility index (Phi) is 7.14. The standard InChI is InChI=1S/C23H22N4O4/c1-3-16-7-9-18(10-8-16)31-22-19(14-17(15-24)21(28)25-11-13-30-2)23(29)27-12-5-4-6-20(27)26-22/h4-10,12,14H,3,11,13H2,1-2H3,(H,25,28)/b17-14+. The fourth-order valence-corrected chi connectivity index (χ4v) is 2.84. The Morgan fingerprint density at radius 3 is 2.71 bits per heavy atom. The Hall–Kier alpha value is -3.96. The van der Waals surface area contributed by atoms with Crippen molar-refractivity contribution in [1.29, 1.82) is 5.26 Å². The van der Waals surface area contributed by atoms with Crippen LogP contribution in [0.4, 0.5) is 0 Å². The number of methoxy groups -OCH3 is 1. The van der Waals surface area contributed by atoms with Crippen LogP contribution >= 0.6 is 0 Å². The molecule has 31 heavy (non-hydrogen) atoms. The molecule has 0 aliphatic heterocycles. The van der Waals surface area contributed by atoms with Gasteiger partial charge in [0.05, 0.1) is 6.61 Å². The highest BCUT2D eigenvalue weighted by Gasteiger charge is 2.17. The monoisotopic (exact) mass is 418 g/mol. The van der Waals surface area contributed by atoms with Crippen LogP contribution in [-0.2, 0) is 16.0 Å². The van der Waals surface area contributed by atoms with Crippen LogP contribution in [0.2, 0.25) is 0 Å². The molecule has 0 fully saturated rings. The lowest BCUT2D eigenvalue weighted by Gasteiger charge is -2.11. The Labute approximate surface area is 179 Å². The van der Waals surface area contributed by atoms with Crippen molar-refractivity contribution in [2.75, 3.05) is 20.3 Å². The van der Waals surface area contributed by atoms with Crippen LogP contribution in [0, 0.1) is 11.3 Å². The van der Waals surface area contributed by atoms with E-state index in [4.69, 9.17) is 9.47 Å². The quantitative estimate of drug-likeness (QED) is 0.343. The van der Waals surface area contributed by atoms with E-state index in [0.29, 0.717) is 18.0 Å². The topological polar surface area (TPSA) is 106 Å². The van der Waals surface area contributed by atoms with Gasteiger partial charge >= 0.3 is 0 Å². The maximum absolute atomic E-state index is 13.1. The van der Waals surface area contributed by atoms with Crippen molar-refractivity contribution in [3.8, 4) is 17.7 Å². The average molecular weight is 418 g/mol. The first kappa shape index (κ1) is 21.7. The predicted octanol–water partition coefficient (Wildman–Crippen LogP) is 2.72. The van der Waals surface area contributed by atoms with Gasteiger partial charge in [0.1, 0.15) is 28.6 Å². The van der Waals surface area contributed by atoms with E-state index in [1.807, 2.05) is 25.1 Å². The van der Waals surface area contributed by atoms with Crippen molar-refractivity contribution in [2.45, 2.75) is 13.3 Å². The van der Waals surface area contributed by atoms with E-state index in [9.17, 15) is 14.9 Å². The molecule has 1 aromatic carbocycles. The summed E-state index contributed by atoms with van der Waals surface area (Å²) in [5.41, 5.74) is 0.827. The van der Waals surface area contributed by atoms with E-state index >= 15 is 0 Å². The summed E-state index contributed by atoms with van der Waals surface area (Å²) in [5, 5.41) is 12.0. The molecule has 0 spiro atoms. The smallest absolute Gasteiger partial charge is 0.269 e. The van der Waals surface area contributed by atoms with Crippen LogP contribution in [0.1, 0.15) is 18.1 Å². The third-order valence-corrected chi connectivity index (χ3v) is 4.53. The van der Waals surface area contributed by atoms with Gasteiger partial charge < -0.3 is 14.8 Å². The maximum atomic E-state index is 13.1. The molecule has 0 unspecified atom stereocenters. The molecule has 1 amide bonds. The number of carbonyl (C=O) groups excluding carboxylic acids is 1. The second-order valence-corrected chi connectivity index (χ2v) is 6.58. The molecule has 0 radical (unpaired) electrons. The summed E-state index contributed by atoms with van der Waals surface area (Å²) in [4.78, 5) is 29.9. The summed E-state index contributed by atoms with van der Waals surface area (Å²) in [6.45, 7) is 2.58. The van der Waals surface area contributed by atoms with Gasteiger partial charge in [0, 0.05) is 19.9 Å². The van der Waals surface area contributed by atoms with Crippen LogP contribution in [0.15, 0.2) is 59.0 Å². The molecule has 1 N–H and O–H groups in total. The number of rotatable bonds is 8. The summed E-state index contributed by atoms with van der Waals surface area (Å²) in [5.74, 6) is -0.115. The van der Waals surface area contributed by atoms with Gasteiger partial charge in [-0.25, -0.2) is 0 Å². The van der Waals surface area contributed by atoms with Crippen molar-refractivity contribution in [2.24, 2.45) is 0 Å². The van der Waals surface area contributed by atoms with E-state index in [-0.39, 0.29) is 23.6 Å². The van der Waals surface area contributed by atoms with Crippen molar-refractivity contribution in [3.05, 3.63) is 75.7 Å². The minimum atomic E-state index is -0.615. The molecule has 2 aromatic heterocycles. The fourth-order valence-electron chi connectivity index (χ4n) is 2.84. The van der Waals surface area contributed by atoms with Gasteiger partial charge in [0.2, 0.25) is 5.88 Å². The molecule has 0 saturated heterocycles. The first-order valence-corrected chi connectivity index (χ1v) is 9.74. The van der Waals surface area contributed by atoms with Crippen molar-refractivity contribution >= 4 is 17.6 Å². The van der Waals surface area contributed by atoms with Crippen molar-refractivity contribution in [1.82, 2.24) is 14.7 Å². The van der Waals surface area contributed by atoms with Gasteiger partial charge in [-0.3, -0.25) is 14.0 Å². The molecule has 0 aliphatic carbocycles. The van der Waals surface area contributed by atoms with E-state index < -0.39 is 11.5 Å². The highest BCUT2D eigenvalue weighted by Crippen LogP contribution is 2.24. The molecule has 0 bridgehead atoms. The van der Waals surface area contributed by atoms with Gasteiger partial charge in [-0.2, -0.15) is 10.2 Å². The van der Waals surface area contributed by atoms with Crippen molar-refractivity contribution in [3.63, 3.8) is 0 Å². The normalized spacial score (nSPS) is 11.2. The van der Waals surface area contributed by atoms with Crippen LogP contribution in [0.3, 0.4) is 0 Å². The number of aromatic nitrogens is 2. The maximum Gasteiger partial charge on any atom is 0.269 e. The average Bonchev–Trinajstić information content (AvgIpc) is 2.79. The van der Waals surface area contributed by atoms with Crippen LogP contribution in [0.25, 0.3) is 11.7 Å². The summed E-state index contributed by atoms with van der Waals surface area (Å²) in [6, 6.07) is 14.3. The Balaban J connectivity index is 2.08. The number of ether oxygens (including phenoxy) is 2. The minimum Gasteiger partial charge on any atom is -0.438 e. The Bertz CT molecular complexity index is 1210. The number of aryl methyl sites for hydroxylation is 1. The van der Waals surface area contributed by atoms with Gasteiger partial charge in [-0.1, -0.05) is 25.1 Å². The highest BCUT2D eigenvalue weighted by molar-refractivity contribution is 6.01. The molecule has 0 saturated carbocycles. The molecule has 0 aliphatic rings. The second-order valence-electron chi connectivity index (χ2n) is 6.58. The van der Waals surface area contributed by atoms with Crippen LogP contribution in [-0.4, -0.2) is 35.6 Å². The number of amides is 1. The summed E-state index contributed by atoms with van der Waals surface area (Å²) in [6.07, 6.45) is 3.65. The molecule has 3 aromatic rings. The molecular formula is C23H22N4O4. The summed E-state index contributed by atoms with van der Waals surface area (Å²) in [7, 11) is 1.51. The molecule has 158 valence electrons. The molecule has 8 nitrogen and oxygen atoms in total. The Morgan fingerprint density at radius 2 is 2.03 bits per heavy atom. The molecule has 8 heteroatoms. The van der Waals surface area contributed by atoms with Gasteiger partial charge in [0.15, 0.2) is 0 Å². The third-order valence-electron chi connectivity index (χ3n) is 4.53. The SMILES string of the molecule is CCc1ccc(Oc2nc3ccccn3c(=O)c2/C=C(\C#N)C(=O)NCCOC)cc1. The van der Waals surface area contributed by atoms with E-state index in [0.717, 1.165) is 12.0 Å². The third kappa shape index (κ3) is 5.15. The zero-order valence-electron chi connectivity index (χ0n) is 17.3. The van der Waals surface area contributed by atoms with Gasteiger partial charge in [-0.05, 0) is 42.3 Å². The largest absolute Gasteiger partial charge is 0.438 e. The lowest BCUT2D eigenvalue weighted by Crippen LogP contribution is -2.28. The number of pyridine rings is 1. The highest BCUT2D eigenvalue weighted by atomic mass is 16.5. The van der Waals surface area contributed by atoms with E-state index in [1.54, 1.807) is 36.5 Å². The number of nitriles is 1. The minimum absolute atomic E-state index is 0.00158. The van der Waals surface area contributed by atoms with Crippen molar-refractivity contribution < 1.29 is 14.3 Å². The molecule has 3 rings (SSSR count). The van der Waals surface area contributed by atoms with Crippen LogP contribution in [0.5, 0.6) is 11.6 Å². The van der Waals surface area contributed by atoms with E-state index in [2.05, 4.69) is 10.3 Å². The number of fused-ring (bicyclic) bond motifs is 1. The van der Waals surface area contributed by atoms with E-state index in [1.165, 1.54) is 17.6 Å². The molecule has 0 atom stereocenters. The number of hydrogen-bond donors (Lipinski definition) is 1. The summed E-state index contributed by atoms with van der Waals surface area (Å²) >= 11 is 0. The predicted molar refractivity (Wildman–Crippen MR) is 116 cm³/mol.